The highest BCUT2D eigenvalue weighted by atomic mass is 32.2. The molecule has 0 unspecified atom stereocenters. The van der Waals surface area contributed by atoms with Crippen LogP contribution in [0.1, 0.15) is 19.4 Å². The fraction of sp³-hybridized carbons (Fsp3) is 0.300. The molecule has 1 aromatic heterocycles. The summed E-state index contributed by atoms with van der Waals surface area (Å²) in [5.74, 6) is 0.801. The van der Waals surface area contributed by atoms with Crippen molar-refractivity contribution < 1.29 is 13.2 Å². The summed E-state index contributed by atoms with van der Waals surface area (Å²) in [6.45, 7) is 6.20. The Labute approximate surface area is 154 Å². The molecule has 0 saturated carbocycles. The van der Waals surface area contributed by atoms with Crippen LogP contribution in [-0.4, -0.2) is 25.6 Å². The number of rotatable bonds is 6. The van der Waals surface area contributed by atoms with Crippen LogP contribution in [0, 0.1) is 6.92 Å². The first-order valence-electron chi connectivity index (χ1n) is 8.44. The molecule has 138 valence electrons. The second-order valence-electron chi connectivity index (χ2n) is 7.17. The third-order valence-corrected chi connectivity index (χ3v) is 6.00. The zero-order valence-electron chi connectivity index (χ0n) is 15.5. The largest absolute Gasteiger partial charge is 0.497 e. The molecule has 0 aliphatic carbocycles. The maximum Gasteiger partial charge on any atom is 0.241 e. The molecule has 0 bridgehead atoms. The monoisotopic (exact) mass is 372 g/mol. The Balaban J connectivity index is 1.83. The average Bonchev–Trinajstić information content (AvgIpc) is 2.95. The molecule has 5 nitrogen and oxygen atoms in total. The average molecular weight is 372 g/mol. The van der Waals surface area contributed by atoms with Gasteiger partial charge in [-0.05, 0) is 57.2 Å². The summed E-state index contributed by atoms with van der Waals surface area (Å²) in [5.41, 5.74) is 1.40. The summed E-state index contributed by atoms with van der Waals surface area (Å²) < 4.78 is 35.5. The van der Waals surface area contributed by atoms with Crippen LogP contribution in [0.25, 0.3) is 10.9 Å². The Morgan fingerprint density at radius 2 is 1.77 bits per heavy atom. The van der Waals surface area contributed by atoms with E-state index in [0.717, 1.165) is 22.2 Å². The molecule has 0 aliphatic rings. The Kier molecular flexibility index (Phi) is 4.82. The number of aromatic nitrogens is 1. The van der Waals surface area contributed by atoms with Gasteiger partial charge in [-0.2, -0.15) is 0 Å². The van der Waals surface area contributed by atoms with Crippen LogP contribution in [-0.2, 0) is 16.6 Å². The lowest BCUT2D eigenvalue weighted by Crippen LogP contribution is -2.46. The number of fused-ring (bicyclic) bond motifs is 1. The number of nitrogens with one attached hydrogen (secondary N) is 1. The Bertz CT molecular complexity index is 1020. The zero-order valence-corrected chi connectivity index (χ0v) is 16.3. The van der Waals surface area contributed by atoms with Crippen molar-refractivity contribution in [1.82, 2.24) is 9.29 Å². The van der Waals surface area contributed by atoms with Crippen molar-refractivity contribution in [3.63, 3.8) is 0 Å². The highest BCUT2D eigenvalue weighted by Gasteiger charge is 2.27. The minimum atomic E-state index is -3.59. The molecule has 0 atom stereocenters. The summed E-state index contributed by atoms with van der Waals surface area (Å²) >= 11 is 0. The standard InChI is InChI=1S/C20H24N2O3S/c1-15-5-8-18(9-6-15)26(23,24)21-20(2,3)14-22-12-11-16-13-17(25-4)7-10-19(16)22/h5-13,21H,14H2,1-4H3. The Morgan fingerprint density at radius 1 is 1.08 bits per heavy atom. The number of ether oxygens (including phenoxy) is 1. The number of aryl methyl sites for hydroxylation is 1. The van der Waals surface area contributed by atoms with E-state index in [9.17, 15) is 8.42 Å². The van der Waals surface area contributed by atoms with Crippen molar-refractivity contribution in [2.45, 2.75) is 37.8 Å². The van der Waals surface area contributed by atoms with E-state index in [2.05, 4.69) is 4.72 Å². The lowest BCUT2D eigenvalue weighted by atomic mass is 10.1. The maximum atomic E-state index is 12.7. The van der Waals surface area contributed by atoms with E-state index in [0.29, 0.717) is 6.54 Å². The maximum absolute atomic E-state index is 12.7. The fourth-order valence-electron chi connectivity index (χ4n) is 3.04. The highest BCUT2D eigenvalue weighted by molar-refractivity contribution is 7.89. The van der Waals surface area contributed by atoms with Gasteiger partial charge >= 0.3 is 0 Å². The summed E-state index contributed by atoms with van der Waals surface area (Å²) in [6.07, 6.45) is 1.96. The molecule has 26 heavy (non-hydrogen) atoms. The third kappa shape index (κ3) is 3.92. The molecule has 1 N–H and O–H groups in total. The molecule has 0 amide bonds. The van der Waals surface area contributed by atoms with Crippen molar-refractivity contribution >= 4 is 20.9 Å². The van der Waals surface area contributed by atoms with Gasteiger partial charge in [0.1, 0.15) is 5.75 Å². The molecule has 3 rings (SSSR count). The number of benzene rings is 2. The molecule has 6 heteroatoms. The number of hydrogen-bond acceptors (Lipinski definition) is 3. The van der Waals surface area contributed by atoms with Crippen LogP contribution in [0.2, 0.25) is 0 Å². The van der Waals surface area contributed by atoms with Crippen molar-refractivity contribution in [2.75, 3.05) is 7.11 Å². The van der Waals surface area contributed by atoms with Gasteiger partial charge in [0, 0.05) is 29.2 Å². The lowest BCUT2D eigenvalue weighted by Gasteiger charge is -2.27. The van der Waals surface area contributed by atoms with Gasteiger partial charge < -0.3 is 9.30 Å². The summed E-state index contributed by atoms with van der Waals surface area (Å²) in [7, 11) is -1.95. The van der Waals surface area contributed by atoms with Gasteiger partial charge in [-0.25, -0.2) is 13.1 Å². The quantitative estimate of drug-likeness (QED) is 0.717. The van der Waals surface area contributed by atoms with E-state index < -0.39 is 15.6 Å². The minimum absolute atomic E-state index is 0.276. The molecular formula is C20H24N2O3S. The predicted molar refractivity (Wildman–Crippen MR) is 104 cm³/mol. The molecule has 0 aliphatic heterocycles. The second kappa shape index (κ2) is 6.78. The van der Waals surface area contributed by atoms with Crippen molar-refractivity contribution in [3.8, 4) is 5.75 Å². The molecule has 1 heterocycles. The predicted octanol–water partition coefficient (Wildman–Crippen LogP) is 3.72. The van der Waals surface area contributed by atoms with Gasteiger partial charge in [-0.1, -0.05) is 17.7 Å². The van der Waals surface area contributed by atoms with Crippen molar-refractivity contribution in [1.29, 1.82) is 0 Å². The molecule has 0 radical (unpaired) electrons. The first kappa shape index (κ1) is 18.5. The van der Waals surface area contributed by atoms with Gasteiger partial charge in [0.2, 0.25) is 10.0 Å². The molecule has 0 saturated heterocycles. The van der Waals surface area contributed by atoms with Crippen LogP contribution in [0.15, 0.2) is 59.6 Å². The molecule has 2 aromatic carbocycles. The number of methoxy groups -OCH3 is 1. The van der Waals surface area contributed by atoms with Crippen molar-refractivity contribution in [3.05, 3.63) is 60.3 Å². The lowest BCUT2D eigenvalue weighted by molar-refractivity contribution is 0.395. The minimum Gasteiger partial charge on any atom is -0.497 e. The van der Waals surface area contributed by atoms with Gasteiger partial charge in [0.15, 0.2) is 0 Å². The Morgan fingerprint density at radius 3 is 2.42 bits per heavy atom. The smallest absolute Gasteiger partial charge is 0.241 e. The number of nitrogens with zero attached hydrogens (tertiary/aromatic N) is 1. The molecule has 3 aromatic rings. The molecule has 0 fully saturated rings. The van der Waals surface area contributed by atoms with Crippen LogP contribution < -0.4 is 9.46 Å². The van der Waals surface area contributed by atoms with Crippen LogP contribution >= 0.6 is 0 Å². The molecular weight excluding hydrogens is 348 g/mol. The van der Waals surface area contributed by atoms with E-state index in [1.807, 2.05) is 55.8 Å². The number of sulfonamides is 1. The van der Waals surface area contributed by atoms with E-state index >= 15 is 0 Å². The second-order valence-corrected chi connectivity index (χ2v) is 8.85. The van der Waals surface area contributed by atoms with E-state index in [-0.39, 0.29) is 4.90 Å². The van der Waals surface area contributed by atoms with E-state index in [1.54, 1.807) is 31.4 Å². The van der Waals surface area contributed by atoms with E-state index in [1.165, 1.54) is 0 Å². The summed E-state index contributed by atoms with van der Waals surface area (Å²) in [6, 6.07) is 14.7. The molecule has 0 spiro atoms. The van der Waals surface area contributed by atoms with E-state index in [4.69, 9.17) is 4.74 Å². The zero-order chi connectivity index (χ0) is 18.9. The van der Waals surface area contributed by atoms with Crippen LogP contribution in [0.5, 0.6) is 5.75 Å². The normalized spacial score (nSPS) is 12.5. The van der Waals surface area contributed by atoms with Gasteiger partial charge in [0.25, 0.3) is 0 Å². The van der Waals surface area contributed by atoms with Crippen LogP contribution in [0.3, 0.4) is 0 Å². The van der Waals surface area contributed by atoms with Crippen molar-refractivity contribution in [2.24, 2.45) is 0 Å². The summed E-state index contributed by atoms with van der Waals surface area (Å²) in [4.78, 5) is 0.276. The first-order valence-corrected chi connectivity index (χ1v) is 9.92. The first-order chi connectivity index (χ1) is 12.2. The van der Waals surface area contributed by atoms with Gasteiger partial charge in [0.05, 0.1) is 12.0 Å². The SMILES string of the molecule is COc1ccc2c(ccn2CC(C)(C)NS(=O)(=O)c2ccc(C)cc2)c1. The highest BCUT2D eigenvalue weighted by Crippen LogP contribution is 2.24. The number of hydrogen-bond donors (Lipinski definition) is 1. The third-order valence-electron chi connectivity index (χ3n) is 4.29. The topological polar surface area (TPSA) is 60.3 Å². The van der Waals surface area contributed by atoms with Gasteiger partial charge in [-0.15, -0.1) is 0 Å². The van der Waals surface area contributed by atoms with Gasteiger partial charge in [-0.3, -0.25) is 0 Å². The fourth-order valence-corrected chi connectivity index (χ4v) is 4.45. The summed E-state index contributed by atoms with van der Waals surface area (Å²) in [5, 5.41) is 1.06. The van der Waals surface area contributed by atoms with Crippen LogP contribution in [0.4, 0.5) is 0 Å². The Hall–Kier alpha value is -2.31.